The van der Waals surface area contributed by atoms with Gasteiger partial charge in [-0.1, -0.05) is 24.3 Å². The van der Waals surface area contributed by atoms with E-state index in [9.17, 15) is 9.59 Å². The maximum Gasteiger partial charge on any atom is 0.161 e. The number of hydrogen-bond acceptors (Lipinski definition) is 4. The molecule has 0 saturated carbocycles. The fraction of sp³-hybridized carbons (Fsp3) is 0.429. The van der Waals surface area contributed by atoms with Crippen molar-refractivity contribution in [3.05, 3.63) is 37.5 Å². The van der Waals surface area contributed by atoms with Gasteiger partial charge in [-0.3, -0.25) is 14.9 Å². The number of carbonyl (C=O) groups is 2. The Bertz CT molecular complexity index is 332. The van der Waals surface area contributed by atoms with Gasteiger partial charge in [0.15, 0.2) is 17.1 Å². The summed E-state index contributed by atoms with van der Waals surface area (Å²) < 4.78 is 0. The van der Waals surface area contributed by atoms with Gasteiger partial charge in [0.05, 0.1) is 0 Å². The highest BCUT2D eigenvalue weighted by Gasteiger charge is 2.36. The Morgan fingerprint density at radius 3 is 2.06 bits per heavy atom. The lowest BCUT2D eigenvalue weighted by molar-refractivity contribution is -0.131. The highest BCUT2D eigenvalue weighted by atomic mass is 16.2. The third-order valence-corrected chi connectivity index (χ3v) is 2.55. The van der Waals surface area contributed by atoms with E-state index in [1.165, 1.54) is 13.8 Å². The van der Waals surface area contributed by atoms with Gasteiger partial charge >= 0.3 is 0 Å². The van der Waals surface area contributed by atoms with Crippen molar-refractivity contribution in [1.82, 2.24) is 10.6 Å². The summed E-state index contributed by atoms with van der Waals surface area (Å²) in [6.45, 7) is 11.6. The van der Waals surface area contributed by atoms with Crippen molar-refractivity contribution in [3.63, 3.8) is 0 Å². The molecule has 100 valence electrons. The summed E-state index contributed by atoms with van der Waals surface area (Å²) in [6, 6.07) is 0. The Labute approximate surface area is 109 Å². The van der Waals surface area contributed by atoms with Crippen LogP contribution in [0.2, 0.25) is 0 Å². The molecule has 0 amide bonds. The molecule has 4 nitrogen and oxygen atoms in total. The standard InChI is InChI=1S/C14H22N2O2/c1-5-9-15-11-7-8-14(12(3)17,13(4)18)16-10-6-2/h5-8,15-16H,1-2,9-11H2,3-4H3/b8-7+. The molecule has 0 aromatic carbocycles. The molecule has 18 heavy (non-hydrogen) atoms. The maximum atomic E-state index is 11.7. The summed E-state index contributed by atoms with van der Waals surface area (Å²) >= 11 is 0. The van der Waals surface area contributed by atoms with Crippen LogP contribution >= 0.6 is 0 Å². The third kappa shape index (κ3) is 4.77. The molecule has 0 unspecified atom stereocenters. The molecule has 2 N–H and O–H groups in total. The number of nitrogens with one attached hydrogen (secondary N) is 2. The molecular weight excluding hydrogens is 228 g/mol. The first-order valence-electron chi connectivity index (χ1n) is 5.88. The van der Waals surface area contributed by atoms with Crippen molar-refractivity contribution in [2.75, 3.05) is 19.6 Å². The van der Waals surface area contributed by atoms with Crippen LogP contribution in [-0.4, -0.2) is 36.7 Å². The highest BCUT2D eigenvalue weighted by Crippen LogP contribution is 2.10. The number of rotatable bonds is 10. The molecule has 0 saturated heterocycles. The predicted octanol–water partition coefficient (Wildman–Crippen LogP) is 1.01. The summed E-state index contributed by atoms with van der Waals surface area (Å²) in [5.41, 5.74) is -1.25. The SMILES string of the molecule is C=CCNC/C=C/C(NCC=C)(C(C)=O)C(C)=O. The van der Waals surface area contributed by atoms with E-state index < -0.39 is 5.54 Å². The Morgan fingerprint density at radius 2 is 1.61 bits per heavy atom. The summed E-state index contributed by atoms with van der Waals surface area (Å²) in [5.74, 6) is -0.450. The first kappa shape index (κ1) is 16.5. The van der Waals surface area contributed by atoms with Crippen molar-refractivity contribution in [2.45, 2.75) is 19.4 Å². The molecule has 0 aliphatic carbocycles. The molecule has 0 aliphatic rings. The first-order chi connectivity index (χ1) is 8.51. The van der Waals surface area contributed by atoms with Crippen molar-refractivity contribution in [1.29, 1.82) is 0 Å². The van der Waals surface area contributed by atoms with Gasteiger partial charge < -0.3 is 5.32 Å². The van der Waals surface area contributed by atoms with E-state index in [2.05, 4.69) is 23.8 Å². The fourth-order valence-corrected chi connectivity index (χ4v) is 1.53. The largest absolute Gasteiger partial charge is 0.310 e. The van der Waals surface area contributed by atoms with Crippen molar-refractivity contribution in [2.24, 2.45) is 0 Å². The van der Waals surface area contributed by atoms with Gasteiger partial charge in [0, 0.05) is 19.6 Å². The van der Waals surface area contributed by atoms with Gasteiger partial charge in [-0.25, -0.2) is 0 Å². The van der Waals surface area contributed by atoms with Crippen LogP contribution in [0.1, 0.15) is 13.8 Å². The Balaban J connectivity index is 4.82. The van der Waals surface area contributed by atoms with Crippen LogP contribution in [0.4, 0.5) is 0 Å². The second kappa shape index (κ2) is 8.55. The topological polar surface area (TPSA) is 58.2 Å². The summed E-state index contributed by atoms with van der Waals surface area (Å²) in [5, 5.41) is 5.99. The average Bonchev–Trinajstić information content (AvgIpc) is 2.32. The van der Waals surface area contributed by atoms with Gasteiger partial charge in [0.25, 0.3) is 0 Å². The van der Waals surface area contributed by atoms with Gasteiger partial charge in [-0.15, -0.1) is 13.2 Å². The minimum Gasteiger partial charge on any atom is -0.310 e. The van der Waals surface area contributed by atoms with Gasteiger partial charge in [0.2, 0.25) is 0 Å². The predicted molar refractivity (Wildman–Crippen MR) is 74.5 cm³/mol. The monoisotopic (exact) mass is 250 g/mol. The molecule has 0 aliphatic heterocycles. The lowest BCUT2D eigenvalue weighted by Crippen LogP contribution is -2.55. The van der Waals surface area contributed by atoms with Crippen LogP contribution in [-0.2, 0) is 9.59 Å². The maximum absolute atomic E-state index is 11.7. The first-order valence-corrected chi connectivity index (χ1v) is 5.88. The minimum absolute atomic E-state index is 0.225. The van der Waals surface area contributed by atoms with E-state index in [1.54, 1.807) is 24.3 Å². The second-order valence-electron chi connectivity index (χ2n) is 3.94. The van der Waals surface area contributed by atoms with Crippen LogP contribution in [0.15, 0.2) is 37.5 Å². The highest BCUT2D eigenvalue weighted by molar-refractivity contribution is 6.12. The van der Waals surface area contributed by atoms with Crippen molar-refractivity contribution >= 4 is 11.6 Å². The molecule has 0 rings (SSSR count). The number of ketones is 2. The van der Waals surface area contributed by atoms with Crippen LogP contribution in [0.25, 0.3) is 0 Å². The molecule has 0 aromatic rings. The molecule has 4 heteroatoms. The zero-order valence-corrected chi connectivity index (χ0v) is 11.2. The summed E-state index contributed by atoms with van der Waals surface area (Å²) in [4.78, 5) is 23.5. The zero-order chi connectivity index (χ0) is 14.0. The molecular formula is C14H22N2O2. The van der Waals surface area contributed by atoms with Gasteiger partial charge in [0.1, 0.15) is 0 Å². The summed E-state index contributed by atoms with van der Waals surface area (Å²) in [7, 11) is 0. The van der Waals surface area contributed by atoms with Gasteiger partial charge in [-0.2, -0.15) is 0 Å². The zero-order valence-electron chi connectivity index (χ0n) is 11.2. The van der Waals surface area contributed by atoms with E-state index in [0.29, 0.717) is 19.6 Å². The lowest BCUT2D eigenvalue weighted by atomic mass is 9.89. The van der Waals surface area contributed by atoms with E-state index in [-0.39, 0.29) is 11.6 Å². The Kier molecular flexibility index (Phi) is 7.83. The second-order valence-corrected chi connectivity index (χ2v) is 3.94. The minimum atomic E-state index is -1.25. The van der Waals surface area contributed by atoms with E-state index in [1.807, 2.05) is 0 Å². The van der Waals surface area contributed by atoms with E-state index in [0.717, 1.165) is 0 Å². The van der Waals surface area contributed by atoms with Crippen molar-refractivity contribution in [3.8, 4) is 0 Å². The third-order valence-electron chi connectivity index (χ3n) is 2.55. The van der Waals surface area contributed by atoms with E-state index in [4.69, 9.17) is 0 Å². The number of carbonyl (C=O) groups excluding carboxylic acids is 2. The number of Topliss-reactive ketones (excluding diaryl/α,β-unsaturated/α-hetero) is 2. The van der Waals surface area contributed by atoms with Crippen LogP contribution < -0.4 is 10.6 Å². The Hall–Kier alpha value is -1.52. The quantitative estimate of drug-likeness (QED) is 0.345. The average molecular weight is 250 g/mol. The molecule has 0 spiro atoms. The Morgan fingerprint density at radius 1 is 1.06 bits per heavy atom. The van der Waals surface area contributed by atoms with E-state index >= 15 is 0 Å². The molecule has 0 radical (unpaired) electrons. The summed E-state index contributed by atoms with van der Waals surface area (Å²) in [6.07, 6.45) is 6.73. The normalized spacial score (nSPS) is 11.4. The van der Waals surface area contributed by atoms with Crippen LogP contribution in [0, 0.1) is 0 Å². The smallest absolute Gasteiger partial charge is 0.161 e. The van der Waals surface area contributed by atoms with Crippen molar-refractivity contribution < 1.29 is 9.59 Å². The molecule has 0 bridgehead atoms. The molecule has 0 fully saturated rings. The number of hydrogen-bond donors (Lipinski definition) is 2. The van der Waals surface area contributed by atoms with Crippen LogP contribution in [0.5, 0.6) is 0 Å². The van der Waals surface area contributed by atoms with Gasteiger partial charge in [-0.05, 0) is 13.8 Å². The molecule has 0 aromatic heterocycles. The van der Waals surface area contributed by atoms with Crippen LogP contribution in [0.3, 0.4) is 0 Å². The molecule has 0 heterocycles. The molecule has 0 atom stereocenters. The lowest BCUT2D eigenvalue weighted by Gasteiger charge is -2.26. The fourth-order valence-electron chi connectivity index (χ4n) is 1.53.